The first-order valence-electron chi connectivity index (χ1n) is 11.2. The molecule has 0 aliphatic carbocycles. The fraction of sp³-hybridized carbons (Fsp3) is 0.320. The number of hydrogen-bond donors (Lipinski definition) is 0. The second kappa shape index (κ2) is 11.5. The van der Waals surface area contributed by atoms with Crippen LogP contribution in [0.2, 0.25) is 5.02 Å². The molecule has 0 fully saturated rings. The molecule has 35 heavy (non-hydrogen) atoms. The number of carbonyl (C=O) groups excluding carboxylic acids is 1. The Hall–Kier alpha value is -1.75. The minimum absolute atomic E-state index is 0.152. The number of ether oxygens (including phenoxy) is 1. The summed E-state index contributed by atoms with van der Waals surface area (Å²) in [6.07, 6.45) is 1.22. The Balaban J connectivity index is 1.64. The molecule has 1 unspecified atom stereocenters. The van der Waals surface area contributed by atoms with Gasteiger partial charge in [-0.05, 0) is 71.8 Å². The second-order valence-corrected chi connectivity index (χ2v) is 12.5. The molecule has 1 aliphatic heterocycles. The smallest absolute Gasteiger partial charge is 0.243 e. The monoisotopic (exact) mass is 596 g/mol. The SMILES string of the molecule is COCCCN(CC(=O)N1CCc2sccc2C1c1ccc(Cl)cc1)S(=O)(=O)c1ccc(Br)cc1. The van der Waals surface area contributed by atoms with E-state index in [0.29, 0.717) is 24.6 Å². The summed E-state index contributed by atoms with van der Waals surface area (Å²) in [5.41, 5.74) is 2.03. The molecule has 0 N–H and O–H groups in total. The number of sulfonamides is 1. The van der Waals surface area contributed by atoms with Crippen molar-refractivity contribution in [1.82, 2.24) is 9.21 Å². The van der Waals surface area contributed by atoms with E-state index in [2.05, 4.69) is 15.9 Å². The van der Waals surface area contributed by atoms with Gasteiger partial charge in [-0.3, -0.25) is 4.79 Å². The van der Waals surface area contributed by atoms with Crippen molar-refractivity contribution in [3.05, 3.63) is 85.5 Å². The number of fused-ring (bicyclic) bond motifs is 1. The van der Waals surface area contributed by atoms with Gasteiger partial charge in [-0.2, -0.15) is 4.31 Å². The van der Waals surface area contributed by atoms with E-state index in [4.69, 9.17) is 16.3 Å². The van der Waals surface area contributed by atoms with E-state index in [1.807, 2.05) is 35.7 Å². The standard InChI is InChI=1S/C25H26BrClN2O4S2/c1-33-15-2-13-28(35(31,32)21-9-5-19(26)6-10-21)17-24(30)29-14-11-23-22(12-16-34-23)25(29)18-3-7-20(27)8-4-18/h3-10,12,16,25H,2,11,13-15,17H2,1H3. The molecule has 4 rings (SSSR count). The zero-order valence-electron chi connectivity index (χ0n) is 19.2. The summed E-state index contributed by atoms with van der Waals surface area (Å²) in [7, 11) is -2.30. The minimum Gasteiger partial charge on any atom is -0.385 e. The zero-order chi connectivity index (χ0) is 25.0. The molecule has 0 saturated heterocycles. The van der Waals surface area contributed by atoms with Crippen molar-refractivity contribution in [3.8, 4) is 0 Å². The Bertz CT molecular complexity index is 1260. The highest BCUT2D eigenvalue weighted by Crippen LogP contribution is 2.38. The van der Waals surface area contributed by atoms with E-state index >= 15 is 0 Å². The van der Waals surface area contributed by atoms with Gasteiger partial charge < -0.3 is 9.64 Å². The predicted octanol–water partition coefficient (Wildman–Crippen LogP) is 5.37. The maximum absolute atomic E-state index is 13.7. The average molecular weight is 598 g/mol. The van der Waals surface area contributed by atoms with Crippen LogP contribution in [0.1, 0.15) is 28.5 Å². The molecule has 3 aromatic rings. The Morgan fingerprint density at radius 1 is 1.17 bits per heavy atom. The predicted molar refractivity (Wildman–Crippen MR) is 142 cm³/mol. The van der Waals surface area contributed by atoms with Crippen molar-refractivity contribution in [1.29, 1.82) is 0 Å². The molecule has 1 aliphatic rings. The summed E-state index contributed by atoms with van der Waals surface area (Å²) >= 11 is 11.1. The third-order valence-electron chi connectivity index (χ3n) is 5.99. The van der Waals surface area contributed by atoms with Crippen LogP contribution in [0.15, 0.2) is 69.3 Å². The number of carbonyl (C=O) groups is 1. The Morgan fingerprint density at radius 2 is 1.89 bits per heavy atom. The number of hydrogen-bond acceptors (Lipinski definition) is 5. The quantitative estimate of drug-likeness (QED) is 0.311. The molecule has 6 nitrogen and oxygen atoms in total. The van der Waals surface area contributed by atoms with Gasteiger partial charge in [-0.1, -0.05) is 39.7 Å². The molecule has 0 radical (unpaired) electrons. The maximum Gasteiger partial charge on any atom is 0.243 e. The molecule has 186 valence electrons. The van der Waals surface area contributed by atoms with Gasteiger partial charge in [-0.15, -0.1) is 11.3 Å². The fourth-order valence-electron chi connectivity index (χ4n) is 4.26. The number of benzene rings is 2. The van der Waals surface area contributed by atoms with E-state index in [1.165, 1.54) is 9.18 Å². The summed E-state index contributed by atoms with van der Waals surface area (Å²) in [4.78, 5) is 16.9. The van der Waals surface area contributed by atoms with E-state index in [1.54, 1.807) is 47.6 Å². The highest BCUT2D eigenvalue weighted by molar-refractivity contribution is 9.10. The summed E-state index contributed by atoms with van der Waals surface area (Å²) in [5.74, 6) is -0.236. The topological polar surface area (TPSA) is 66.9 Å². The normalized spacial score (nSPS) is 15.9. The molecule has 2 aromatic carbocycles. The lowest BCUT2D eigenvalue weighted by atomic mass is 9.93. The first-order chi connectivity index (χ1) is 16.8. The van der Waals surface area contributed by atoms with Gasteiger partial charge in [0.1, 0.15) is 0 Å². The number of thiophene rings is 1. The highest BCUT2D eigenvalue weighted by atomic mass is 79.9. The van der Waals surface area contributed by atoms with Crippen molar-refractivity contribution in [2.24, 2.45) is 0 Å². The average Bonchev–Trinajstić information content (AvgIpc) is 3.33. The summed E-state index contributed by atoms with van der Waals surface area (Å²) in [5, 5.41) is 2.66. The summed E-state index contributed by atoms with van der Waals surface area (Å²) in [6, 6.07) is 15.7. The lowest BCUT2D eigenvalue weighted by molar-refractivity contribution is -0.133. The number of halogens is 2. The van der Waals surface area contributed by atoms with Crippen LogP contribution in [-0.2, 0) is 26.0 Å². The number of nitrogens with zero attached hydrogens (tertiary/aromatic N) is 2. The molecular formula is C25H26BrClN2O4S2. The van der Waals surface area contributed by atoms with Crippen molar-refractivity contribution in [2.75, 3.05) is 33.4 Å². The van der Waals surface area contributed by atoms with Crippen LogP contribution < -0.4 is 0 Å². The molecule has 0 saturated carbocycles. The molecule has 1 amide bonds. The van der Waals surface area contributed by atoms with Gasteiger partial charge in [0.25, 0.3) is 0 Å². The third kappa shape index (κ3) is 5.98. The minimum atomic E-state index is -3.88. The van der Waals surface area contributed by atoms with Crippen LogP contribution in [0.25, 0.3) is 0 Å². The molecule has 2 heterocycles. The van der Waals surface area contributed by atoms with E-state index in [9.17, 15) is 13.2 Å². The molecule has 0 spiro atoms. The van der Waals surface area contributed by atoms with Crippen molar-refractivity contribution >= 4 is 54.8 Å². The van der Waals surface area contributed by atoms with Crippen molar-refractivity contribution in [3.63, 3.8) is 0 Å². The van der Waals surface area contributed by atoms with Gasteiger partial charge in [0, 0.05) is 41.2 Å². The van der Waals surface area contributed by atoms with Gasteiger partial charge in [0.15, 0.2) is 0 Å². The van der Waals surface area contributed by atoms with E-state index in [0.717, 1.165) is 22.0 Å². The van der Waals surface area contributed by atoms with Crippen LogP contribution in [0, 0.1) is 0 Å². The van der Waals surface area contributed by atoms with Crippen LogP contribution in [-0.4, -0.2) is 56.9 Å². The molecule has 10 heteroatoms. The zero-order valence-corrected chi connectivity index (χ0v) is 23.2. The van der Waals surface area contributed by atoms with Crippen LogP contribution in [0.4, 0.5) is 0 Å². The lowest BCUT2D eigenvalue weighted by Gasteiger charge is -2.37. The maximum atomic E-state index is 13.7. The van der Waals surface area contributed by atoms with Gasteiger partial charge in [0.05, 0.1) is 17.5 Å². The molecule has 0 bridgehead atoms. The summed E-state index contributed by atoms with van der Waals surface area (Å²) in [6.45, 7) is 0.854. The number of rotatable bonds is 9. The van der Waals surface area contributed by atoms with Crippen LogP contribution in [0.5, 0.6) is 0 Å². The first-order valence-corrected chi connectivity index (χ1v) is 14.7. The lowest BCUT2D eigenvalue weighted by Crippen LogP contribution is -2.47. The van der Waals surface area contributed by atoms with Crippen LogP contribution in [0.3, 0.4) is 0 Å². The third-order valence-corrected chi connectivity index (χ3v) is 9.63. The fourth-order valence-corrected chi connectivity index (χ4v) is 6.98. The summed E-state index contributed by atoms with van der Waals surface area (Å²) < 4.78 is 34.2. The van der Waals surface area contributed by atoms with E-state index < -0.39 is 10.0 Å². The first kappa shape index (κ1) is 26.3. The van der Waals surface area contributed by atoms with Crippen molar-refractivity contribution in [2.45, 2.75) is 23.8 Å². The highest BCUT2D eigenvalue weighted by Gasteiger charge is 2.35. The molecule has 1 aromatic heterocycles. The number of amides is 1. The molecule has 1 atom stereocenters. The van der Waals surface area contributed by atoms with Crippen LogP contribution >= 0.6 is 38.9 Å². The van der Waals surface area contributed by atoms with Gasteiger partial charge in [0.2, 0.25) is 15.9 Å². The van der Waals surface area contributed by atoms with Gasteiger partial charge in [-0.25, -0.2) is 8.42 Å². The van der Waals surface area contributed by atoms with E-state index in [-0.39, 0.29) is 29.9 Å². The van der Waals surface area contributed by atoms with Gasteiger partial charge >= 0.3 is 0 Å². The largest absolute Gasteiger partial charge is 0.385 e. The van der Waals surface area contributed by atoms with Crippen molar-refractivity contribution < 1.29 is 17.9 Å². The Labute approximate surface area is 223 Å². The number of methoxy groups -OCH3 is 1. The Morgan fingerprint density at radius 3 is 2.57 bits per heavy atom. The Kier molecular flexibility index (Phi) is 8.67. The molecular weight excluding hydrogens is 572 g/mol. The second-order valence-electron chi connectivity index (χ2n) is 8.23.